The zero-order valence-electron chi connectivity index (χ0n) is 12.2. The number of hydrogen-bond acceptors (Lipinski definition) is 7. The zero-order chi connectivity index (χ0) is 15.4. The Kier molecular flexibility index (Phi) is 4.69. The normalized spacial score (nSPS) is 10.4. The van der Waals surface area contributed by atoms with E-state index in [1.165, 1.54) is 17.1 Å². The highest BCUT2D eigenvalue weighted by atomic mass is 32.1. The molecule has 0 aromatic carbocycles. The minimum atomic E-state index is -0.507. The second kappa shape index (κ2) is 6.49. The second-order valence-corrected chi connectivity index (χ2v) is 5.80. The van der Waals surface area contributed by atoms with Gasteiger partial charge in [0.25, 0.3) is 0 Å². The molecule has 21 heavy (non-hydrogen) atoms. The van der Waals surface area contributed by atoms with Gasteiger partial charge >= 0.3 is 5.82 Å². The van der Waals surface area contributed by atoms with Gasteiger partial charge < -0.3 is 20.3 Å². The lowest BCUT2D eigenvalue weighted by atomic mass is 10.3. The summed E-state index contributed by atoms with van der Waals surface area (Å²) in [5, 5.41) is 14.7. The number of nitro groups is 1. The molecule has 7 nitrogen and oxygen atoms in total. The van der Waals surface area contributed by atoms with Crippen LogP contribution in [0.2, 0.25) is 0 Å². The first-order valence-electron chi connectivity index (χ1n) is 6.45. The van der Waals surface area contributed by atoms with E-state index >= 15 is 0 Å². The molecule has 0 saturated heterocycles. The smallest absolute Gasteiger partial charge is 0.363 e. The summed E-state index contributed by atoms with van der Waals surface area (Å²) < 4.78 is 0. The molecule has 112 valence electrons. The van der Waals surface area contributed by atoms with Crippen LogP contribution in [0.25, 0.3) is 0 Å². The predicted molar refractivity (Wildman–Crippen MR) is 84.3 cm³/mol. The van der Waals surface area contributed by atoms with Gasteiger partial charge in [-0.15, -0.1) is 11.3 Å². The van der Waals surface area contributed by atoms with Crippen molar-refractivity contribution in [2.75, 3.05) is 30.9 Å². The third kappa shape index (κ3) is 3.88. The van der Waals surface area contributed by atoms with Gasteiger partial charge in [0.1, 0.15) is 0 Å². The molecule has 0 radical (unpaired) electrons. The molecule has 1 N–H and O–H groups in total. The maximum absolute atomic E-state index is 10.5. The fourth-order valence-electron chi connectivity index (χ4n) is 1.75. The highest BCUT2D eigenvalue weighted by Crippen LogP contribution is 2.24. The maximum atomic E-state index is 10.5. The predicted octanol–water partition coefficient (Wildman–Crippen LogP) is 2.48. The van der Waals surface area contributed by atoms with Crippen molar-refractivity contribution in [1.82, 2.24) is 9.97 Å². The first-order valence-corrected chi connectivity index (χ1v) is 7.27. The van der Waals surface area contributed by atoms with Crippen LogP contribution in [-0.2, 0) is 6.42 Å². The molecule has 0 spiro atoms. The number of nitrogens with one attached hydrogen (secondary N) is 1. The van der Waals surface area contributed by atoms with E-state index in [0.717, 1.165) is 29.5 Å². The zero-order valence-corrected chi connectivity index (χ0v) is 13.0. The molecule has 2 heterocycles. The van der Waals surface area contributed by atoms with Crippen molar-refractivity contribution in [2.24, 2.45) is 0 Å². The van der Waals surface area contributed by atoms with Crippen molar-refractivity contribution in [3.63, 3.8) is 0 Å². The number of hydrogen-bond donors (Lipinski definition) is 1. The summed E-state index contributed by atoms with van der Waals surface area (Å²) in [6.45, 7) is 2.74. The van der Waals surface area contributed by atoms with E-state index in [4.69, 9.17) is 0 Å². The summed E-state index contributed by atoms with van der Waals surface area (Å²) in [6.07, 6.45) is 2.33. The maximum Gasteiger partial charge on any atom is 0.363 e. The molecule has 2 aromatic heterocycles. The van der Waals surface area contributed by atoms with Gasteiger partial charge in [-0.05, 0) is 22.9 Å². The van der Waals surface area contributed by atoms with E-state index < -0.39 is 4.92 Å². The first kappa shape index (κ1) is 15.2. The SMILES string of the molecule is Cc1nc(N(C)C)sc1CCNc1ccc([N+](=O)[O-])nc1. The number of rotatable bonds is 6. The van der Waals surface area contributed by atoms with E-state index in [1.54, 1.807) is 17.4 Å². The molecule has 0 aliphatic carbocycles. The number of anilines is 2. The van der Waals surface area contributed by atoms with Crippen molar-refractivity contribution in [1.29, 1.82) is 0 Å². The molecule has 0 atom stereocenters. The molecular weight excluding hydrogens is 290 g/mol. The van der Waals surface area contributed by atoms with Crippen molar-refractivity contribution < 1.29 is 4.92 Å². The Morgan fingerprint density at radius 3 is 2.71 bits per heavy atom. The third-order valence-corrected chi connectivity index (χ3v) is 4.27. The minimum Gasteiger partial charge on any atom is -0.382 e. The molecule has 0 amide bonds. The molecule has 0 fully saturated rings. The summed E-state index contributed by atoms with van der Waals surface area (Å²) in [7, 11) is 3.95. The van der Waals surface area contributed by atoms with Crippen molar-refractivity contribution >= 4 is 28.0 Å². The standard InChI is InChI=1S/C13H17N5O2S/c1-9-11(21-13(16-9)17(2)3)6-7-14-10-4-5-12(15-8-10)18(19)20/h4-5,8,14H,6-7H2,1-3H3. The highest BCUT2D eigenvalue weighted by Gasteiger charge is 2.09. The van der Waals surface area contributed by atoms with Crippen molar-refractivity contribution in [2.45, 2.75) is 13.3 Å². The lowest BCUT2D eigenvalue weighted by molar-refractivity contribution is -0.389. The topological polar surface area (TPSA) is 84.2 Å². The van der Waals surface area contributed by atoms with Crippen LogP contribution in [0.3, 0.4) is 0 Å². The van der Waals surface area contributed by atoms with Gasteiger partial charge in [0, 0.05) is 38.0 Å². The van der Waals surface area contributed by atoms with E-state index in [2.05, 4.69) is 15.3 Å². The Labute approximate surface area is 126 Å². The molecular formula is C13H17N5O2S. The van der Waals surface area contributed by atoms with Crippen LogP contribution < -0.4 is 10.2 Å². The molecule has 2 aromatic rings. The van der Waals surface area contributed by atoms with Crippen molar-refractivity contribution in [3.05, 3.63) is 39.0 Å². The summed E-state index contributed by atoms with van der Waals surface area (Å²) in [6, 6.07) is 3.06. The van der Waals surface area contributed by atoms with Crippen LogP contribution in [0.4, 0.5) is 16.6 Å². The fraction of sp³-hybridized carbons (Fsp3) is 0.385. The van der Waals surface area contributed by atoms with E-state index in [1.807, 2.05) is 25.9 Å². The summed E-state index contributed by atoms with van der Waals surface area (Å²) in [5.74, 6) is -0.144. The Bertz CT molecular complexity index is 624. The molecule has 0 saturated carbocycles. The molecule has 0 bridgehead atoms. The van der Waals surface area contributed by atoms with Gasteiger partial charge in [-0.25, -0.2) is 4.98 Å². The van der Waals surface area contributed by atoms with Gasteiger partial charge in [-0.1, -0.05) is 0 Å². The van der Waals surface area contributed by atoms with Crippen LogP contribution in [0, 0.1) is 17.0 Å². The lowest BCUT2D eigenvalue weighted by Gasteiger charge is -2.05. The van der Waals surface area contributed by atoms with Crippen molar-refractivity contribution in [3.8, 4) is 0 Å². The molecule has 0 aliphatic heterocycles. The number of aryl methyl sites for hydroxylation is 1. The third-order valence-electron chi connectivity index (χ3n) is 2.88. The number of pyridine rings is 1. The van der Waals surface area contributed by atoms with E-state index in [0.29, 0.717) is 0 Å². The lowest BCUT2D eigenvalue weighted by Crippen LogP contribution is -2.07. The second-order valence-electron chi connectivity index (χ2n) is 4.74. The van der Waals surface area contributed by atoms with Crippen LogP contribution in [-0.4, -0.2) is 35.5 Å². The average molecular weight is 307 g/mol. The van der Waals surface area contributed by atoms with Crippen LogP contribution >= 0.6 is 11.3 Å². The summed E-state index contributed by atoms with van der Waals surface area (Å²) in [4.78, 5) is 21.5. The largest absolute Gasteiger partial charge is 0.382 e. The Balaban J connectivity index is 1.90. The quantitative estimate of drug-likeness (QED) is 0.652. The monoisotopic (exact) mass is 307 g/mol. The summed E-state index contributed by atoms with van der Waals surface area (Å²) >= 11 is 1.68. The van der Waals surface area contributed by atoms with Gasteiger partial charge in [-0.3, -0.25) is 0 Å². The fourth-order valence-corrected chi connectivity index (χ4v) is 2.74. The Hall–Kier alpha value is -2.22. The van der Waals surface area contributed by atoms with Gasteiger partial charge in [0.2, 0.25) is 0 Å². The molecule has 2 rings (SSSR count). The molecule has 8 heteroatoms. The van der Waals surface area contributed by atoms with E-state index in [9.17, 15) is 10.1 Å². The summed E-state index contributed by atoms with van der Waals surface area (Å²) in [5.41, 5.74) is 1.82. The molecule has 0 unspecified atom stereocenters. The van der Waals surface area contributed by atoms with Gasteiger partial charge in [0.05, 0.1) is 11.4 Å². The Morgan fingerprint density at radius 1 is 1.43 bits per heavy atom. The molecule has 0 aliphatic rings. The number of nitrogens with zero attached hydrogens (tertiary/aromatic N) is 4. The minimum absolute atomic E-state index is 0.144. The average Bonchev–Trinajstić information content (AvgIpc) is 2.81. The van der Waals surface area contributed by atoms with E-state index in [-0.39, 0.29) is 5.82 Å². The van der Waals surface area contributed by atoms with Crippen LogP contribution in [0.5, 0.6) is 0 Å². The van der Waals surface area contributed by atoms with Crippen LogP contribution in [0.1, 0.15) is 10.6 Å². The van der Waals surface area contributed by atoms with Crippen LogP contribution in [0.15, 0.2) is 18.3 Å². The Morgan fingerprint density at radius 2 is 2.19 bits per heavy atom. The number of thiazole rings is 1. The number of aromatic nitrogens is 2. The van der Waals surface area contributed by atoms with Gasteiger partial charge in [-0.2, -0.15) is 0 Å². The first-order chi connectivity index (χ1) is 9.97. The van der Waals surface area contributed by atoms with Gasteiger partial charge in [0.15, 0.2) is 11.3 Å². The highest BCUT2D eigenvalue weighted by molar-refractivity contribution is 7.15.